The number of rotatable bonds is 4. The molecule has 2 aromatic rings. The number of anilines is 1. The molecule has 0 radical (unpaired) electrons. The van der Waals surface area contributed by atoms with Crippen molar-refractivity contribution in [2.24, 2.45) is 0 Å². The van der Waals surface area contributed by atoms with Crippen molar-refractivity contribution in [2.45, 2.75) is 6.54 Å². The Morgan fingerprint density at radius 2 is 2.26 bits per heavy atom. The standard InChI is InChI=1S/C14H12N2O3/c1-18-14(17)10-3-2-4-11(7-10)16-9-13-6-5-12(8-15)19-13/h2-7,16H,9H2,1H3. The predicted octanol–water partition coefficient (Wildman–Crippen LogP) is 2.55. The summed E-state index contributed by atoms with van der Waals surface area (Å²) in [6.45, 7) is 0.437. The van der Waals surface area contributed by atoms with Crippen molar-refractivity contribution in [3.63, 3.8) is 0 Å². The van der Waals surface area contributed by atoms with Crippen LogP contribution in [0.1, 0.15) is 21.9 Å². The molecule has 19 heavy (non-hydrogen) atoms. The molecule has 2 rings (SSSR count). The first kappa shape index (κ1) is 12.7. The maximum atomic E-state index is 11.4. The lowest BCUT2D eigenvalue weighted by Gasteiger charge is -2.06. The summed E-state index contributed by atoms with van der Waals surface area (Å²) in [6.07, 6.45) is 0. The third kappa shape index (κ3) is 3.13. The van der Waals surface area contributed by atoms with Gasteiger partial charge in [-0.25, -0.2) is 4.79 Å². The lowest BCUT2D eigenvalue weighted by molar-refractivity contribution is 0.0601. The summed E-state index contributed by atoms with van der Waals surface area (Å²) in [7, 11) is 1.34. The SMILES string of the molecule is COC(=O)c1cccc(NCc2ccc(C#N)o2)c1. The second-order valence-electron chi connectivity index (χ2n) is 3.80. The normalized spacial score (nSPS) is 9.68. The Hall–Kier alpha value is -2.74. The molecule has 0 amide bonds. The smallest absolute Gasteiger partial charge is 0.337 e. The molecule has 0 bridgehead atoms. The van der Waals surface area contributed by atoms with Crippen LogP contribution < -0.4 is 5.32 Å². The van der Waals surface area contributed by atoms with Gasteiger partial charge >= 0.3 is 5.97 Å². The maximum absolute atomic E-state index is 11.4. The van der Waals surface area contributed by atoms with Gasteiger partial charge in [0.15, 0.2) is 0 Å². The van der Waals surface area contributed by atoms with Crippen LogP contribution in [-0.2, 0) is 11.3 Å². The number of ether oxygens (including phenoxy) is 1. The summed E-state index contributed by atoms with van der Waals surface area (Å²) in [5, 5.41) is 11.8. The number of furan rings is 1. The molecule has 0 aliphatic carbocycles. The Morgan fingerprint density at radius 3 is 2.95 bits per heavy atom. The third-order valence-electron chi connectivity index (χ3n) is 2.52. The molecule has 5 heteroatoms. The molecular formula is C14H12N2O3. The number of hydrogen-bond donors (Lipinski definition) is 1. The van der Waals surface area contributed by atoms with Crippen LogP contribution in [0.2, 0.25) is 0 Å². The number of nitrogens with one attached hydrogen (secondary N) is 1. The van der Waals surface area contributed by atoms with E-state index in [0.717, 1.165) is 5.69 Å². The van der Waals surface area contributed by atoms with E-state index in [1.807, 2.05) is 12.1 Å². The number of nitriles is 1. The van der Waals surface area contributed by atoms with Gasteiger partial charge < -0.3 is 14.5 Å². The van der Waals surface area contributed by atoms with Crippen LogP contribution in [0, 0.1) is 11.3 Å². The molecule has 0 aliphatic heterocycles. The summed E-state index contributed by atoms with van der Waals surface area (Å²) < 4.78 is 9.89. The molecule has 0 spiro atoms. The van der Waals surface area contributed by atoms with Crippen molar-refractivity contribution >= 4 is 11.7 Å². The molecule has 0 atom stereocenters. The number of benzene rings is 1. The van der Waals surface area contributed by atoms with E-state index >= 15 is 0 Å². The Morgan fingerprint density at radius 1 is 1.42 bits per heavy atom. The van der Waals surface area contributed by atoms with Crippen LogP contribution in [0.3, 0.4) is 0 Å². The first-order valence-electron chi connectivity index (χ1n) is 5.64. The largest absolute Gasteiger partial charge is 0.465 e. The zero-order valence-corrected chi connectivity index (χ0v) is 10.3. The fourth-order valence-corrected chi connectivity index (χ4v) is 1.60. The zero-order chi connectivity index (χ0) is 13.7. The average molecular weight is 256 g/mol. The number of carbonyl (C=O) groups is 1. The van der Waals surface area contributed by atoms with Crippen molar-refractivity contribution in [2.75, 3.05) is 12.4 Å². The third-order valence-corrected chi connectivity index (χ3v) is 2.52. The first-order valence-corrected chi connectivity index (χ1v) is 5.64. The Kier molecular flexibility index (Phi) is 3.84. The summed E-state index contributed by atoms with van der Waals surface area (Å²) >= 11 is 0. The fourth-order valence-electron chi connectivity index (χ4n) is 1.60. The minimum absolute atomic E-state index is 0.278. The Labute approximate surface area is 110 Å². The van der Waals surface area contributed by atoms with E-state index in [4.69, 9.17) is 9.68 Å². The van der Waals surface area contributed by atoms with Crippen LogP contribution in [0.5, 0.6) is 0 Å². The Balaban J connectivity index is 2.03. The number of methoxy groups -OCH3 is 1. The van der Waals surface area contributed by atoms with Gasteiger partial charge in [-0.2, -0.15) is 5.26 Å². The van der Waals surface area contributed by atoms with E-state index in [1.54, 1.807) is 30.3 Å². The number of esters is 1. The van der Waals surface area contributed by atoms with E-state index in [1.165, 1.54) is 7.11 Å². The van der Waals surface area contributed by atoms with E-state index in [-0.39, 0.29) is 11.7 Å². The molecule has 96 valence electrons. The molecule has 0 aliphatic rings. The van der Waals surface area contributed by atoms with Gasteiger partial charge in [-0.05, 0) is 30.3 Å². The fraction of sp³-hybridized carbons (Fsp3) is 0.143. The van der Waals surface area contributed by atoms with Crippen LogP contribution in [0.15, 0.2) is 40.8 Å². The highest BCUT2D eigenvalue weighted by atomic mass is 16.5. The zero-order valence-electron chi connectivity index (χ0n) is 10.3. The molecule has 5 nitrogen and oxygen atoms in total. The lowest BCUT2D eigenvalue weighted by Crippen LogP contribution is -2.03. The molecule has 0 fully saturated rings. The molecular weight excluding hydrogens is 244 g/mol. The summed E-state index contributed by atoms with van der Waals surface area (Å²) in [5.74, 6) is 0.550. The quantitative estimate of drug-likeness (QED) is 0.851. The highest BCUT2D eigenvalue weighted by Crippen LogP contribution is 2.14. The highest BCUT2D eigenvalue weighted by Gasteiger charge is 2.06. The molecule has 0 saturated heterocycles. The highest BCUT2D eigenvalue weighted by molar-refractivity contribution is 5.90. The summed E-state index contributed by atoms with van der Waals surface area (Å²) in [4.78, 5) is 11.4. The summed E-state index contributed by atoms with van der Waals surface area (Å²) in [5.41, 5.74) is 1.25. The van der Waals surface area contributed by atoms with Crippen LogP contribution >= 0.6 is 0 Å². The molecule has 0 unspecified atom stereocenters. The van der Waals surface area contributed by atoms with Gasteiger partial charge in [0, 0.05) is 5.69 Å². The molecule has 1 aromatic carbocycles. The average Bonchev–Trinajstić information content (AvgIpc) is 2.92. The van der Waals surface area contributed by atoms with Gasteiger partial charge in [0.05, 0.1) is 19.2 Å². The van der Waals surface area contributed by atoms with Gasteiger partial charge in [-0.3, -0.25) is 0 Å². The molecule has 0 saturated carbocycles. The van der Waals surface area contributed by atoms with Crippen molar-refractivity contribution in [3.8, 4) is 6.07 Å². The van der Waals surface area contributed by atoms with Gasteiger partial charge in [0.25, 0.3) is 0 Å². The second-order valence-corrected chi connectivity index (χ2v) is 3.80. The maximum Gasteiger partial charge on any atom is 0.337 e. The lowest BCUT2D eigenvalue weighted by atomic mass is 10.2. The predicted molar refractivity (Wildman–Crippen MR) is 68.5 cm³/mol. The second kappa shape index (κ2) is 5.74. The molecule has 1 heterocycles. The van der Waals surface area contributed by atoms with Gasteiger partial charge in [0.1, 0.15) is 11.8 Å². The van der Waals surface area contributed by atoms with E-state index in [9.17, 15) is 4.79 Å². The van der Waals surface area contributed by atoms with Gasteiger partial charge in [-0.15, -0.1) is 0 Å². The van der Waals surface area contributed by atoms with Crippen LogP contribution in [0.25, 0.3) is 0 Å². The van der Waals surface area contributed by atoms with Crippen molar-refractivity contribution in [1.82, 2.24) is 0 Å². The van der Waals surface area contributed by atoms with Crippen LogP contribution in [0.4, 0.5) is 5.69 Å². The minimum Gasteiger partial charge on any atom is -0.465 e. The van der Waals surface area contributed by atoms with Gasteiger partial charge in [0.2, 0.25) is 5.76 Å². The van der Waals surface area contributed by atoms with Crippen molar-refractivity contribution < 1.29 is 13.9 Å². The summed E-state index contributed by atoms with van der Waals surface area (Å²) in [6, 6.07) is 12.2. The number of hydrogen-bond acceptors (Lipinski definition) is 5. The van der Waals surface area contributed by atoms with Gasteiger partial charge in [-0.1, -0.05) is 6.07 Å². The molecule has 1 N–H and O–H groups in total. The molecule has 1 aromatic heterocycles. The first-order chi connectivity index (χ1) is 9.22. The topological polar surface area (TPSA) is 75.3 Å². The minimum atomic E-state index is -0.381. The van der Waals surface area contributed by atoms with Crippen molar-refractivity contribution in [3.05, 3.63) is 53.5 Å². The van der Waals surface area contributed by atoms with Crippen molar-refractivity contribution in [1.29, 1.82) is 5.26 Å². The Bertz CT molecular complexity index is 626. The van der Waals surface area contributed by atoms with E-state index in [2.05, 4.69) is 10.1 Å². The monoisotopic (exact) mass is 256 g/mol. The van der Waals surface area contributed by atoms with E-state index in [0.29, 0.717) is 17.9 Å². The number of carbonyl (C=O) groups excluding carboxylic acids is 1. The van der Waals surface area contributed by atoms with E-state index < -0.39 is 0 Å². The van der Waals surface area contributed by atoms with Crippen LogP contribution in [-0.4, -0.2) is 13.1 Å². The number of nitrogens with zero attached hydrogens (tertiary/aromatic N) is 1.